The molecule has 1 aliphatic carbocycles. The summed E-state index contributed by atoms with van der Waals surface area (Å²) in [6, 6.07) is 6.16. The van der Waals surface area contributed by atoms with Crippen LogP contribution in [0.4, 0.5) is 5.82 Å². The zero-order valence-corrected chi connectivity index (χ0v) is 14.2. The number of ether oxygens (including phenoxy) is 1. The molecule has 1 aromatic carbocycles. The Morgan fingerprint density at radius 3 is 3.17 bits per heavy atom. The Balaban J connectivity index is 1.70. The molecule has 0 saturated heterocycles. The van der Waals surface area contributed by atoms with Gasteiger partial charge < -0.3 is 10.1 Å². The topological polar surface area (TPSA) is 64.1 Å². The summed E-state index contributed by atoms with van der Waals surface area (Å²) in [6.07, 6.45) is 5.25. The van der Waals surface area contributed by atoms with Crippen LogP contribution in [0, 0.1) is 0 Å². The lowest BCUT2D eigenvalue weighted by Gasteiger charge is -2.15. The maximum Gasteiger partial charge on any atom is 0.316 e. The Labute approximate surface area is 143 Å². The molecule has 3 rings (SSSR count). The van der Waals surface area contributed by atoms with Crippen molar-refractivity contribution in [2.45, 2.75) is 23.9 Å². The van der Waals surface area contributed by atoms with Crippen molar-refractivity contribution in [3.05, 3.63) is 46.7 Å². The Hall–Kier alpha value is -1.79. The van der Waals surface area contributed by atoms with Gasteiger partial charge >= 0.3 is 5.97 Å². The molecule has 1 aromatic heterocycles. The van der Waals surface area contributed by atoms with Crippen molar-refractivity contribution < 1.29 is 9.53 Å². The van der Waals surface area contributed by atoms with Crippen molar-refractivity contribution in [2.75, 3.05) is 18.2 Å². The van der Waals surface area contributed by atoms with Gasteiger partial charge in [0.05, 0.1) is 31.3 Å². The molecule has 0 bridgehead atoms. The van der Waals surface area contributed by atoms with E-state index >= 15 is 0 Å². The van der Waals surface area contributed by atoms with Gasteiger partial charge in [-0.3, -0.25) is 9.78 Å². The normalized spacial score (nSPS) is 16.0. The smallest absolute Gasteiger partial charge is 0.316 e. The molecular weight excluding hydrogens is 334 g/mol. The highest BCUT2D eigenvalue weighted by atomic mass is 35.5. The first kappa shape index (κ1) is 16.1. The zero-order valence-electron chi connectivity index (χ0n) is 12.6. The molecule has 0 aliphatic heterocycles. The number of fused-ring (bicyclic) bond motifs is 1. The number of anilines is 1. The van der Waals surface area contributed by atoms with Gasteiger partial charge in [-0.15, -0.1) is 0 Å². The standard InChI is InChI=1S/C16H16ClN3O2S/c1-22-16(21)9-23-15-8-18-7-14(20-15)19-13-6-5-10-11(13)3-2-4-12(10)17/h2-4,7-8,13H,5-6,9H2,1H3,(H,19,20). The summed E-state index contributed by atoms with van der Waals surface area (Å²) in [6.45, 7) is 0. The minimum atomic E-state index is -0.283. The van der Waals surface area contributed by atoms with Crippen LogP contribution in [0.15, 0.2) is 35.6 Å². The lowest BCUT2D eigenvalue weighted by molar-refractivity contribution is -0.137. The van der Waals surface area contributed by atoms with Gasteiger partial charge in [-0.05, 0) is 30.0 Å². The second-order valence-electron chi connectivity index (χ2n) is 5.15. The first-order valence-electron chi connectivity index (χ1n) is 7.23. The van der Waals surface area contributed by atoms with E-state index in [1.165, 1.54) is 30.0 Å². The highest BCUT2D eigenvalue weighted by Gasteiger charge is 2.24. The summed E-state index contributed by atoms with van der Waals surface area (Å²) in [7, 11) is 1.37. The van der Waals surface area contributed by atoms with Crippen LogP contribution in [0.25, 0.3) is 0 Å². The number of carbonyl (C=O) groups is 1. The molecule has 5 nitrogen and oxygen atoms in total. The summed E-state index contributed by atoms with van der Waals surface area (Å²) in [4.78, 5) is 19.9. The number of methoxy groups -OCH3 is 1. The molecule has 7 heteroatoms. The van der Waals surface area contributed by atoms with Gasteiger partial charge in [0.2, 0.25) is 0 Å². The number of carbonyl (C=O) groups excluding carboxylic acids is 1. The van der Waals surface area contributed by atoms with Crippen LogP contribution in [0.1, 0.15) is 23.6 Å². The number of thioether (sulfide) groups is 1. The fourth-order valence-corrected chi connectivity index (χ4v) is 3.58. The number of hydrogen-bond donors (Lipinski definition) is 1. The van der Waals surface area contributed by atoms with Crippen molar-refractivity contribution >= 4 is 35.1 Å². The molecule has 0 saturated carbocycles. The number of benzene rings is 1. The Bertz CT molecular complexity index is 726. The van der Waals surface area contributed by atoms with Crippen LogP contribution < -0.4 is 5.32 Å². The van der Waals surface area contributed by atoms with E-state index in [-0.39, 0.29) is 17.8 Å². The van der Waals surface area contributed by atoms with Crippen LogP contribution in [0.5, 0.6) is 0 Å². The number of halogens is 1. The molecule has 1 heterocycles. The Morgan fingerprint density at radius 2 is 2.35 bits per heavy atom. The third kappa shape index (κ3) is 3.76. The molecular formula is C16H16ClN3O2S. The van der Waals surface area contributed by atoms with Crippen LogP contribution in [-0.2, 0) is 16.0 Å². The van der Waals surface area contributed by atoms with Gasteiger partial charge in [0.1, 0.15) is 10.8 Å². The quantitative estimate of drug-likeness (QED) is 0.658. The van der Waals surface area contributed by atoms with Gasteiger partial charge in [-0.2, -0.15) is 0 Å². The van der Waals surface area contributed by atoms with Gasteiger partial charge in [-0.25, -0.2) is 4.98 Å². The van der Waals surface area contributed by atoms with E-state index in [0.29, 0.717) is 10.8 Å². The molecule has 1 unspecified atom stereocenters. The minimum Gasteiger partial charge on any atom is -0.468 e. The minimum absolute atomic E-state index is 0.179. The van der Waals surface area contributed by atoms with Crippen LogP contribution >= 0.6 is 23.4 Å². The Morgan fingerprint density at radius 1 is 1.48 bits per heavy atom. The highest BCUT2D eigenvalue weighted by Crippen LogP contribution is 2.37. The van der Waals surface area contributed by atoms with E-state index in [1.807, 2.05) is 12.1 Å². The first-order valence-corrected chi connectivity index (χ1v) is 8.59. The predicted octanol–water partition coefficient (Wildman–Crippen LogP) is 3.49. The molecule has 23 heavy (non-hydrogen) atoms. The SMILES string of the molecule is COC(=O)CSc1cncc(NC2CCc3c(Cl)cccc32)n1. The fraction of sp³-hybridized carbons (Fsp3) is 0.312. The predicted molar refractivity (Wildman–Crippen MR) is 90.9 cm³/mol. The van der Waals surface area contributed by atoms with Gasteiger partial charge in [0.25, 0.3) is 0 Å². The highest BCUT2D eigenvalue weighted by molar-refractivity contribution is 7.99. The van der Waals surface area contributed by atoms with Crippen molar-refractivity contribution in [3.63, 3.8) is 0 Å². The van der Waals surface area contributed by atoms with Crippen molar-refractivity contribution in [3.8, 4) is 0 Å². The molecule has 0 spiro atoms. The van der Waals surface area contributed by atoms with Gasteiger partial charge in [-0.1, -0.05) is 35.5 Å². The fourth-order valence-electron chi connectivity index (χ4n) is 2.62. The number of nitrogens with zero attached hydrogens (tertiary/aromatic N) is 2. The molecule has 2 aromatic rings. The summed E-state index contributed by atoms with van der Waals surface area (Å²) < 4.78 is 4.62. The zero-order chi connectivity index (χ0) is 16.2. The molecule has 1 N–H and O–H groups in total. The summed E-state index contributed by atoms with van der Waals surface area (Å²) in [5.74, 6) is 0.628. The Kier molecular flexibility index (Phi) is 5.03. The van der Waals surface area contributed by atoms with Crippen LogP contribution in [-0.4, -0.2) is 28.8 Å². The van der Waals surface area contributed by atoms with E-state index < -0.39 is 0 Å². The van der Waals surface area contributed by atoms with Crippen molar-refractivity contribution in [1.82, 2.24) is 9.97 Å². The summed E-state index contributed by atoms with van der Waals surface area (Å²) in [5.41, 5.74) is 2.42. The third-order valence-corrected chi connectivity index (χ3v) is 4.94. The van der Waals surface area contributed by atoms with E-state index in [0.717, 1.165) is 17.9 Å². The van der Waals surface area contributed by atoms with E-state index in [1.54, 1.807) is 12.4 Å². The van der Waals surface area contributed by atoms with Crippen LogP contribution in [0.2, 0.25) is 5.02 Å². The lowest BCUT2D eigenvalue weighted by atomic mass is 10.1. The van der Waals surface area contributed by atoms with E-state index in [2.05, 4.69) is 26.1 Å². The maximum atomic E-state index is 11.2. The van der Waals surface area contributed by atoms with E-state index in [4.69, 9.17) is 11.6 Å². The van der Waals surface area contributed by atoms with Crippen molar-refractivity contribution in [2.24, 2.45) is 0 Å². The monoisotopic (exact) mass is 349 g/mol. The van der Waals surface area contributed by atoms with E-state index in [9.17, 15) is 4.79 Å². The molecule has 0 fully saturated rings. The van der Waals surface area contributed by atoms with Crippen molar-refractivity contribution in [1.29, 1.82) is 0 Å². The van der Waals surface area contributed by atoms with Gasteiger partial charge in [0.15, 0.2) is 0 Å². The van der Waals surface area contributed by atoms with Gasteiger partial charge in [0, 0.05) is 5.02 Å². The lowest BCUT2D eigenvalue weighted by Crippen LogP contribution is -2.09. The third-order valence-electron chi connectivity index (χ3n) is 3.71. The maximum absolute atomic E-state index is 11.2. The number of rotatable bonds is 5. The molecule has 1 atom stereocenters. The number of esters is 1. The molecule has 0 amide bonds. The van der Waals surface area contributed by atoms with Crippen LogP contribution in [0.3, 0.4) is 0 Å². The molecule has 0 radical (unpaired) electrons. The largest absolute Gasteiger partial charge is 0.468 e. The number of hydrogen-bond acceptors (Lipinski definition) is 6. The number of nitrogens with one attached hydrogen (secondary N) is 1. The second-order valence-corrected chi connectivity index (χ2v) is 6.55. The average Bonchev–Trinajstić information content (AvgIpc) is 2.97. The summed E-state index contributed by atoms with van der Waals surface area (Å²) >= 11 is 7.55. The molecule has 120 valence electrons. The first-order chi connectivity index (χ1) is 11.2. The second kappa shape index (κ2) is 7.19. The number of aromatic nitrogens is 2. The molecule has 1 aliphatic rings. The summed E-state index contributed by atoms with van der Waals surface area (Å²) in [5, 5.41) is 4.91. The average molecular weight is 350 g/mol.